The smallest absolute Gasteiger partial charge is 0.303 e. The first kappa shape index (κ1) is 27.3. The lowest BCUT2D eigenvalue weighted by Gasteiger charge is -2.23. The highest BCUT2D eigenvalue weighted by molar-refractivity contribution is 5.66. The lowest BCUT2D eigenvalue weighted by atomic mass is 9.85. The van der Waals surface area contributed by atoms with Crippen LogP contribution in [0, 0.1) is 6.92 Å². The summed E-state index contributed by atoms with van der Waals surface area (Å²) in [5, 5.41) is 20.1. The number of carboxylic acid groups (broad SMARTS) is 1. The minimum Gasteiger partial charge on any atom is -0.496 e. The van der Waals surface area contributed by atoms with E-state index in [-0.39, 0.29) is 12.3 Å². The fourth-order valence-electron chi connectivity index (χ4n) is 4.72. The number of aliphatic carboxylic acids is 1. The van der Waals surface area contributed by atoms with Gasteiger partial charge in [0.15, 0.2) is 0 Å². The van der Waals surface area contributed by atoms with Crippen molar-refractivity contribution in [3.8, 4) is 11.5 Å². The summed E-state index contributed by atoms with van der Waals surface area (Å²) in [6.07, 6.45) is 4.44. The first-order chi connectivity index (χ1) is 17.4. The van der Waals surface area contributed by atoms with Gasteiger partial charge in [0.2, 0.25) is 0 Å². The molecule has 0 saturated carbocycles. The minimum atomic E-state index is -0.761. The first-order valence-electron chi connectivity index (χ1n) is 12.7. The molecule has 0 aliphatic rings. The molecule has 5 nitrogen and oxygen atoms in total. The number of aliphatic hydroxyl groups is 1. The van der Waals surface area contributed by atoms with Crippen molar-refractivity contribution in [1.29, 1.82) is 0 Å². The fourth-order valence-corrected chi connectivity index (χ4v) is 4.72. The van der Waals surface area contributed by atoms with Gasteiger partial charge in [0.1, 0.15) is 11.5 Å². The molecular formula is C31H38O5. The second kappa shape index (κ2) is 13.7. The zero-order valence-electron chi connectivity index (χ0n) is 21.6. The molecule has 0 amide bonds. The normalized spacial score (nSPS) is 12.7. The lowest BCUT2D eigenvalue weighted by Crippen LogP contribution is -2.08. The molecule has 192 valence electrons. The summed E-state index contributed by atoms with van der Waals surface area (Å²) in [5.41, 5.74) is 5.34. The topological polar surface area (TPSA) is 76.0 Å². The van der Waals surface area contributed by atoms with E-state index in [1.807, 2.05) is 25.1 Å². The van der Waals surface area contributed by atoms with Crippen LogP contribution in [0.2, 0.25) is 0 Å². The number of ether oxygens (including phenoxy) is 2. The Bertz CT molecular complexity index is 1070. The van der Waals surface area contributed by atoms with Gasteiger partial charge in [-0.05, 0) is 85.8 Å². The van der Waals surface area contributed by atoms with E-state index >= 15 is 0 Å². The minimum absolute atomic E-state index is 0.176. The number of hydrogen-bond acceptors (Lipinski definition) is 4. The third-order valence-electron chi connectivity index (χ3n) is 6.84. The van der Waals surface area contributed by atoms with Crippen molar-refractivity contribution in [3.63, 3.8) is 0 Å². The maximum atomic E-state index is 11.3. The lowest BCUT2D eigenvalue weighted by molar-refractivity contribution is -0.137. The predicted octanol–water partition coefficient (Wildman–Crippen LogP) is 6.65. The van der Waals surface area contributed by atoms with Gasteiger partial charge < -0.3 is 19.7 Å². The third-order valence-corrected chi connectivity index (χ3v) is 6.84. The quantitative estimate of drug-likeness (QED) is 0.265. The summed E-state index contributed by atoms with van der Waals surface area (Å²) in [4.78, 5) is 10.8. The Morgan fingerprint density at radius 3 is 2.00 bits per heavy atom. The molecule has 0 saturated heterocycles. The van der Waals surface area contributed by atoms with E-state index in [4.69, 9.17) is 14.6 Å². The Balaban J connectivity index is 1.76. The van der Waals surface area contributed by atoms with Gasteiger partial charge in [-0.15, -0.1) is 0 Å². The van der Waals surface area contributed by atoms with Crippen LogP contribution in [0.4, 0.5) is 0 Å². The SMILES string of the molecule is COc1cc(C(O)C[C@H](CCCc2ccccc2)c2ccc(CCCC(=O)O)cc2)cc(OC)c1C. The van der Waals surface area contributed by atoms with Crippen LogP contribution >= 0.6 is 0 Å². The van der Waals surface area contributed by atoms with Crippen LogP contribution in [0.1, 0.15) is 71.9 Å². The summed E-state index contributed by atoms with van der Waals surface area (Å²) in [7, 11) is 3.25. The highest BCUT2D eigenvalue weighted by Gasteiger charge is 2.20. The van der Waals surface area contributed by atoms with Gasteiger partial charge in [-0.2, -0.15) is 0 Å². The Morgan fingerprint density at radius 2 is 1.42 bits per heavy atom. The molecule has 5 heteroatoms. The van der Waals surface area contributed by atoms with Crippen molar-refractivity contribution in [2.75, 3.05) is 14.2 Å². The average molecular weight is 491 g/mol. The largest absolute Gasteiger partial charge is 0.496 e. The highest BCUT2D eigenvalue weighted by atomic mass is 16.5. The van der Waals surface area contributed by atoms with E-state index in [9.17, 15) is 9.90 Å². The van der Waals surface area contributed by atoms with E-state index in [0.717, 1.165) is 42.4 Å². The van der Waals surface area contributed by atoms with Crippen LogP contribution in [0.25, 0.3) is 0 Å². The van der Waals surface area contributed by atoms with Gasteiger partial charge in [-0.1, -0.05) is 54.6 Å². The molecule has 0 bridgehead atoms. The maximum Gasteiger partial charge on any atom is 0.303 e. The molecule has 2 N–H and O–H groups in total. The standard InChI is InChI=1S/C31H38O5/c1-22-29(35-2)20-27(21-30(22)36-3)28(32)19-26(13-7-11-23-9-5-4-6-10-23)25-17-15-24(16-18-25)12-8-14-31(33)34/h4-6,9-10,15-18,20-21,26,28,32H,7-8,11-14,19H2,1-3H3,(H,33,34)/t26-,28?/m0/s1. The van der Waals surface area contributed by atoms with Crippen LogP contribution in [-0.2, 0) is 17.6 Å². The van der Waals surface area contributed by atoms with Crippen LogP contribution in [0.5, 0.6) is 11.5 Å². The molecular weight excluding hydrogens is 452 g/mol. The van der Waals surface area contributed by atoms with Crippen LogP contribution in [-0.4, -0.2) is 30.4 Å². The van der Waals surface area contributed by atoms with Crippen molar-refractivity contribution in [3.05, 3.63) is 94.5 Å². The Hall–Kier alpha value is -3.31. The molecule has 3 aromatic carbocycles. The summed E-state index contributed by atoms with van der Waals surface area (Å²) in [6.45, 7) is 1.94. The molecule has 0 aromatic heterocycles. The zero-order valence-corrected chi connectivity index (χ0v) is 21.6. The number of rotatable bonds is 14. The maximum absolute atomic E-state index is 11.3. The van der Waals surface area contributed by atoms with E-state index in [1.54, 1.807) is 14.2 Å². The Kier molecular flexibility index (Phi) is 10.4. The fraction of sp³-hybridized carbons (Fsp3) is 0.387. The number of aliphatic hydroxyl groups excluding tert-OH is 1. The summed E-state index contributed by atoms with van der Waals surface area (Å²) < 4.78 is 11.0. The Morgan fingerprint density at radius 1 is 0.833 bits per heavy atom. The highest BCUT2D eigenvalue weighted by Crippen LogP contribution is 2.37. The van der Waals surface area contributed by atoms with Crippen LogP contribution in [0.15, 0.2) is 66.7 Å². The van der Waals surface area contributed by atoms with Crippen LogP contribution in [0.3, 0.4) is 0 Å². The van der Waals surface area contributed by atoms with Gasteiger partial charge in [0.05, 0.1) is 20.3 Å². The van der Waals surface area contributed by atoms with Gasteiger partial charge in [0.25, 0.3) is 0 Å². The molecule has 0 aliphatic heterocycles. The number of aryl methyl sites for hydroxylation is 2. The van der Waals surface area contributed by atoms with Crippen molar-refractivity contribution >= 4 is 5.97 Å². The average Bonchev–Trinajstić information content (AvgIpc) is 2.89. The predicted molar refractivity (Wildman–Crippen MR) is 143 cm³/mol. The first-order valence-corrected chi connectivity index (χ1v) is 12.7. The summed E-state index contributed by atoms with van der Waals surface area (Å²) in [5.74, 6) is 0.822. The van der Waals surface area contributed by atoms with Gasteiger partial charge >= 0.3 is 5.97 Å². The van der Waals surface area contributed by atoms with Gasteiger partial charge in [0, 0.05) is 12.0 Å². The number of benzene rings is 3. The molecule has 2 atom stereocenters. The van der Waals surface area contributed by atoms with Crippen molar-refractivity contribution < 1.29 is 24.5 Å². The molecule has 0 radical (unpaired) electrons. The van der Waals surface area contributed by atoms with E-state index in [1.165, 1.54) is 11.1 Å². The number of carboxylic acids is 1. The molecule has 0 fully saturated rings. The van der Waals surface area contributed by atoms with Crippen molar-refractivity contribution in [2.24, 2.45) is 0 Å². The second-order valence-electron chi connectivity index (χ2n) is 9.37. The molecule has 0 spiro atoms. The summed E-state index contributed by atoms with van der Waals surface area (Å²) >= 11 is 0. The molecule has 0 heterocycles. The number of carbonyl (C=O) groups is 1. The second-order valence-corrected chi connectivity index (χ2v) is 9.37. The van der Waals surface area contributed by atoms with Crippen molar-refractivity contribution in [1.82, 2.24) is 0 Å². The van der Waals surface area contributed by atoms with Crippen molar-refractivity contribution in [2.45, 2.75) is 63.9 Å². The third kappa shape index (κ3) is 7.85. The van der Waals surface area contributed by atoms with E-state index in [0.29, 0.717) is 24.3 Å². The number of hydrogen-bond donors (Lipinski definition) is 2. The van der Waals surface area contributed by atoms with Gasteiger partial charge in [-0.3, -0.25) is 4.79 Å². The monoisotopic (exact) mass is 490 g/mol. The van der Waals surface area contributed by atoms with Crippen LogP contribution < -0.4 is 9.47 Å². The number of methoxy groups -OCH3 is 2. The molecule has 0 aliphatic carbocycles. The molecule has 3 rings (SSSR count). The van der Waals surface area contributed by atoms with E-state index < -0.39 is 12.1 Å². The van der Waals surface area contributed by atoms with E-state index in [2.05, 4.69) is 48.5 Å². The van der Waals surface area contributed by atoms with Gasteiger partial charge in [-0.25, -0.2) is 0 Å². The molecule has 3 aromatic rings. The molecule has 1 unspecified atom stereocenters. The molecule has 36 heavy (non-hydrogen) atoms. The zero-order chi connectivity index (χ0) is 25.9. The summed E-state index contributed by atoms with van der Waals surface area (Å²) in [6, 6.07) is 22.7. The Labute approximate surface area is 214 Å².